The van der Waals surface area contributed by atoms with Crippen molar-refractivity contribution in [3.63, 3.8) is 0 Å². The summed E-state index contributed by atoms with van der Waals surface area (Å²) in [6.45, 7) is 4.95. The maximum absolute atomic E-state index is 11.8. The highest BCUT2D eigenvalue weighted by Gasteiger charge is 2.22. The van der Waals surface area contributed by atoms with Gasteiger partial charge in [-0.1, -0.05) is 26.7 Å². The van der Waals surface area contributed by atoms with E-state index in [2.05, 4.69) is 24.1 Å². The first kappa shape index (κ1) is 16.8. The molecule has 0 bridgehead atoms. The molecule has 0 aromatic heterocycles. The predicted octanol–water partition coefficient (Wildman–Crippen LogP) is 1.34. The van der Waals surface area contributed by atoms with Crippen LogP contribution in [0.25, 0.3) is 0 Å². The lowest BCUT2D eigenvalue weighted by molar-refractivity contribution is -0.123. The Morgan fingerprint density at radius 2 is 2.16 bits per heavy atom. The molecule has 0 aromatic carbocycles. The van der Waals surface area contributed by atoms with Crippen LogP contribution in [0.3, 0.4) is 0 Å². The van der Waals surface area contributed by atoms with Crippen molar-refractivity contribution in [2.24, 2.45) is 5.92 Å². The molecule has 1 amide bonds. The highest BCUT2D eigenvalue weighted by molar-refractivity contribution is 7.99. The van der Waals surface area contributed by atoms with Crippen LogP contribution in [0.5, 0.6) is 0 Å². The molecule has 2 N–H and O–H groups in total. The van der Waals surface area contributed by atoms with E-state index in [9.17, 15) is 9.90 Å². The number of hydrogen-bond donors (Lipinski definition) is 2. The third-order valence-corrected chi connectivity index (χ3v) is 5.17. The average molecular weight is 288 g/mol. The predicted molar refractivity (Wildman–Crippen MR) is 81.4 cm³/mol. The molecule has 0 aromatic rings. The number of nitrogens with zero attached hydrogens (tertiary/aromatic N) is 1. The van der Waals surface area contributed by atoms with Crippen molar-refractivity contribution in [3.05, 3.63) is 0 Å². The maximum Gasteiger partial charge on any atom is 0.234 e. The summed E-state index contributed by atoms with van der Waals surface area (Å²) < 4.78 is 0. The molecule has 2 atom stereocenters. The van der Waals surface area contributed by atoms with Crippen molar-refractivity contribution in [3.8, 4) is 0 Å². The largest absolute Gasteiger partial charge is 0.391 e. The molecule has 1 aliphatic heterocycles. The van der Waals surface area contributed by atoms with Crippen molar-refractivity contribution < 1.29 is 9.90 Å². The van der Waals surface area contributed by atoms with Gasteiger partial charge in [-0.15, -0.1) is 0 Å². The summed E-state index contributed by atoms with van der Waals surface area (Å²) in [5.41, 5.74) is 0. The summed E-state index contributed by atoms with van der Waals surface area (Å²) in [6.07, 6.45) is 2.65. The molecule has 1 heterocycles. The van der Waals surface area contributed by atoms with Gasteiger partial charge in [0.15, 0.2) is 0 Å². The number of hydrogen-bond acceptors (Lipinski definition) is 4. The highest BCUT2D eigenvalue weighted by atomic mass is 32.2. The molecular weight excluding hydrogens is 260 g/mol. The van der Waals surface area contributed by atoms with E-state index < -0.39 is 6.10 Å². The Balaban J connectivity index is 2.23. The van der Waals surface area contributed by atoms with Gasteiger partial charge in [-0.3, -0.25) is 9.69 Å². The summed E-state index contributed by atoms with van der Waals surface area (Å²) >= 11 is 1.95. The maximum atomic E-state index is 11.8. The number of amides is 1. The van der Waals surface area contributed by atoms with Gasteiger partial charge < -0.3 is 10.4 Å². The first-order valence-corrected chi connectivity index (χ1v) is 8.46. The molecule has 0 radical (unpaired) electrons. The van der Waals surface area contributed by atoms with Crippen molar-refractivity contribution in [1.82, 2.24) is 10.2 Å². The Kier molecular flexibility index (Phi) is 7.80. The number of nitrogens with one attached hydrogen (secondary N) is 1. The second-order valence-electron chi connectivity index (χ2n) is 5.38. The zero-order valence-corrected chi connectivity index (χ0v) is 13.2. The zero-order chi connectivity index (χ0) is 14.3. The average Bonchev–Trinajstić information content (AvgIpc) is 2.91. The molecule has 1 rings (SSSR count). The number of aliphatic hydroxyl groups excluding tert-OH is 1. The number of aliphatic hydroxyl groups is 1. The Labute approximate surface area is 121 Å². The fourth-order valence-electron chi connectivity index (χ4n) is 2.50. The fourth-order valence-corrected chi connectivity index (χ4v) is 3.80. The Hall–Kier alpha value is -0.260. The lowest BCUT2D eigenvalue weighted by atomic mass is 9.96. The minimum absolute atomic E-state index is 0.0180. The summed E-state index contributed by atoms with van der Waals surface area (Å²) in [5.74, 6) is 2.62. The van der Waals surface area contributed by atoms with Crippen LogP contribution in [-0.2, 0) is 4.79 Å². The van der Waals surface area contributed by atoms with Crippen molar-refractivity contribution in [2.45, 2.75) is 45.3 Å². The standard InChI is InChI=1S/C14H28N2O2S/c1-4-11(5-2)13(17)8-15-14(18)9-16(3)12-6-7-19-10-12/h11-13,17H,4-10H2,1-3H3,(H,15,18). The molecule has 1 saturated heterocycles. The Morgan fingerprint density at radius 1 is 1.47 bits per heavy atom. The molecule has 5 heteroatoms. The molecule has 1 fully saturated rings. The normalized spacial score (nSPS) is 21.1. The van der Waals surface area contributed by atoms with Crippen LogP contribution in [-0.4, -0.2) is 59.7 Å². The smallest absolute Gasteiger partial charge is 0.234 e. The quantitative estimate of drug-likeness (QED) is 0.708. The van der Waals surface area contributed by atoms with Crippen LogP contribution in [0.15, 0.2) is 0 Å². The van der Waals surface area contributed by atoms with E-state index in [4.69, 9.17) is 0 Å². The third kappa shape index (κ3) is 5.71. The van der Waals surface area contributed by atoms with E-state index in [0.29, 0.717) is 19.1 Å². The van der Waals surface area contributed by atoms with Crippen molar-refractivity contribution in [1.29, 1.82) is 0 Å². The van der Waals surface area contributed by atoms with Crippen LogP contribution in [0.4, 0.5) is 0 Å². The minimum Gasteiger partial charge on any atom is -0.391 e. The number of thioether (sulfide) groups is 1. The van der Waals surface area contributed by atoms with Crippen LogP contribution in [0.1, 0.15) is 33.1 Å². The Morgan fingerprint density at radius 3 is 2.68 bits per heavy atom. The topological polar surface area (TPSA) is 52.6 Å². The van der Waals surface area contributed by atoms with Gasteiger partial charge in [-0.05, 0) is 25.1 Å². The van der Waals surface area contributed by atoms with Crippen molar-refractivity contribution >= 4 is 17.7 Å². The molecule has 0 saturated carbocycles. The van der Waals surface area contributed by atoms with E-state index in [-0.39, 0.29) is 11.8 Å². The lowest BCUT2D eigenvalue weighted by Gasteiger charge is -2.24. The van der Waals surface area contributed by atoms with Gasteiger partial charge in [0.25, 0.3) is 0 Å². The Bertz CT molecular complexity index is 266. The second kappa shape index (κ2) is 8.82. The van der Waals surface area contributed by atoms with E-state index in [1.165, 1.54) is 12.2 Å². The minimum atomic E-state index is -0.425. The van der Waals surface area contributed by atoms with E-state index >= 15 is 0 Å². The molecular formula is C14H28N2O2S. The summed E-state index contributed by atoms with van der Waals surface area (Å²) in [6, 6.07) is 0.528. The summed E-state index contributed by atoms with van der Waals surface area (Å²) in [5, 5.41) is 12.8. The van der Waals surface area contributed by atoms with Crippen molar-refractivity contribution in [2.75, 3.05) is 31.6 Å². The van der Waals surface area contributed by atoms with Gasteiger partial charge in [0.2, 0.25) is 5.91 Å². The summed E-state index contributed by atoms with van der Waals surface area (Å²) in [7, 11) is 2.01. The van der Waals surface area contributed by atoms with E-state index in [0.717, 1.165) is 18.6 Å². The molecule has 0 aliphatic carbocycles. The molecule has 2 unspecified atom stereocenters. The molecule has 1 aliphatic rings. The first-order chi connectivity index (χ1) is 9.08. The fraction of sp³-hybridized carbons (Fsp3) is 0.929. The molecule has 4 nitrogen and oxygen atoms in total. The van der Waals surface area contributed by atoms with Gasteiger partial charge in [0, 0.05) is 18.3 Å². The first-order valence-electron chi connectivity index (χ1n) is 7.31. The van der Waals surface area contributed by atoms with E-state index in [1.807, 2.05) is 18.8 Å². The lowest BCUT2D eigenvalue weighted by Crippen LogP contribution is -2.43. The number of rotatable bonds is 8. The zero-order valence-electron chi connectivity index (χ0n) is 12.4. The second-order valence-corrected chi connectivity index (χ2v) is 6.53. The highest BCUT2D eigenvalue weighted by Crippen LogP contribution is 2.20. The van der Waals surface area contributed by atoms with Crippen LogP contribution >= 0.6 is 11.8 Å². The SMILES string of the molecule is CCC(CC)C(O)CNC(=O)CN(C)C1CCSC1. The van der Waals surface area contributed by atoms with Crippen LogP contribution < -0.4 is 5.32 Å². The molecule has 19 heavy (non-hydrogen) atoms. The van der Waals surface area contributed by atoms with Gasteiger partial charge in [-0.2, -0.15) is 11.8 Å². The van der Waals surface area contributed by atoms with Gasteiger partial charge in [-0.25, -0.2) is 0 Å². The number of likely N-dealkylation sites (N-methyl/N-ethyl adjacent to an activating group) is 1. The number of carbonyl (C=O) groups excluding carboxylic acids is 1. The molecule has 0 spiro atoms. The van der Waals surface area contributed by atoms with Gasteiger partial charge in [0.05, 0.1) is 12.6 Å². The third-order valence-electron chi connectivity index (χ3n) is 4.02. The van der Waals surface area contributed by atoms with Crippen LogP contribution in [0, 0.1) is 5.92 Å². The van der Waals surface area contributed by atoms with E-state index in [1.54, 1.807) is 0 Å². The van der Waals surface area contributed by atoms with Crippen LogP contribution in [0.2, 0.25) is 0 Å². The monoisotopic (exact) mass is 288 g/mol. The van der Waals surface area contributed by atoms with Gasteiger partial charge >= 0.3 is 0 Å². The summed E-state index contributed by atoms with van der Waals surface area (Å²) in [4.78, 5) is 14.0. The molecule has 112 valence electrons. The van der Waals surface area contributed by atoms with Gasteiger partial charge in [0.1, 0.15) is 0 Å². The number of carbonyl (C=O) groups is 1.